The molecular formula is C10H11ClN2O. The van der Waals surface area contributed by atoms with E-state index in [1.807, 2.05) is 18.2 Å². The molecule has 2 N–H and O–H groups in total. The molecule has 0 fully saturated rings. The zero-order valence-corrected chi connectivity index (χ0v) is 8.34. The van der Waals surface area contributed by atoms with Gasteiger partial charge >= 0.3 is 0 Å². The number of carbonyl (C=O) groups is 1. The van der Waals surface area contributed by atoms with Crippen molar-refractivity contribution in [2.24, 2.45) is 0 Å². The summed E-state index contributed by atoms with van der Waals surface area (Å²) in [5.74, 6) is -0.0484. The first-order valence-electron chi connectivity index (χ1n) is 4.53. The maximum atomic E-state index is 11.6. The van der Waals surface area contributed by atoms with Crippen LogP contribution in [0.25, 0.3) is 0 Å². The molecule has 74 valence electrons. The van der Waals surface area contributed by atoms with E-state index in [-0.39, 0.29) is 11.4 Å². The van der Waals surface area contributed by atoms with Crippen LogP contribution in [0.5, 0.6) is 0 Å². The lowest BCUT2D eigenvalue weighted by Gasteiger charge is -2.19. The molecule has 1 amide bonds. The summed E-state index contributed by atoms with van der Waals surface area (Å²) in [7, 11) is 0. The number of carbonyl (C=O) groups excluding carboxylic acids is 1. The van der Waals surface area contributed by atoms with Crippen LogP contribution >= 0.6 is 11.6 Å². The molecule has 0 radical (unpaired) electrons. The summed E-state index contributed by atoms with van der Waals surface area (Å²) in [6.07, 6.45) is 0. The van der Waals surface area contributed by atoms with E-state index in [0.29, 0.717) is 18.7 Å². The molecule has 1 heterocycles. The van der Waals surface area contributed by atoms with Crippen molar-refractivity contribution >= 4 is 17.5 Å². The van der Waals surface area contributed by atoms with Crippen molar-refractivity contribution in [3.05, 3.63) is 35.4 Å². The SMILES string of the molecule is O=C1NCCNC(Cl)c2ccccc21. The fourth-order valence-electron chi connectivity index (χ4n) is 1.50. The van der Waals surface area contributed by atoms with Crippen LogP contribution in [0.3, 0.4) is 0 Å². The molecule has 0 saturated carbocycles. The van der Waals surface area contributed by atoms with Crippen molar-refractivity contribution in [1.29, 1.82) is 0 Å². The molecule has 0 saturated heterocycles. The first-order valence-corrected chi connectivity index (χ1v) is 4.97. The summed E-state index contributed by atoms with van der Waals surface area (Å²) in [4.78, 5) is 11.6. The second-order valence-electron chi connectivity index (χ2n) is 3.16. The Kier molecular flexibility index (Phi) is 2.70. The summed E-state index contributed by atoms with van der Waals surface area (Å²) in [6, 6.07) is 7.37. The third-order valence-electron chi connectivity index (χ3n) is 2.21. The fourth-order valence-corrected chi connectivity index (χ4v) is 1.80. The zero-order chi connectivity index (χ0) is 9.97. The van der Waals surface area contributed by atoms with Crippen molar-refractivity contribution < 1.29 is 4.79 Å². The van der Waals surface area contributed by atoms with Crippen molar-refractivity contribution in [3.63, 3.8) is 0 Å². The third-order valence-corrected chi connectivity index (χ3v) is 2.60. The lowest BCUT2D eigenvalue weighted by Crippen LogP contribution is -2.36. The smallest absolute Gasteiger partial charge is 0.251 e. The van der Waals surface area contributed by atoms with E-state index < -0.39 is 0 Å². The van der Waals surface area contributed by atoms with E-state index >= 15 is 0 Å². The van der Waals surface area contributed by atoms with Crippen LogP contribution < -0.4 is 10.6 Å². The molecule has 3 nitrogen and oxygen atoms in total. The molecule has 2 rings (SSSR count). The number of benzene rings is 1. The summed E-state index contributed by atoms with van der Waals surface area (Å²) < 4.78 is 0. The number of hydrogen-bond acceptors (Lipinski definition) is 2. The quantitative estimate of drug-likeness (QED) is 0.500. The largest absolute Gasteiger partial charge is 0.351 e. The second-order valence-corrected chi connectivity index (χ2v) is 3.60. The summed E-state index contributed by atoms with van der Waals surface area (Å²) >= 11 is 6.10. The zero-order valence-electron chi connectivity index (χ0n) is 7.59. The standard InChI is InChI=1S/C10H11ClN2O/c11-9-7-3-1-2-4-8(7)10(14)13-6-5-12-9/h1-4,9,12H,5-6H2,(H,13,14). The molecule has 1 atom stereocenters. The van der Waals surface area contributed by atoms with Gasteiger partial charge in [0.25, 0.3) is 5.91 Å². The normalized spacial score (nSPS) is 21.8. The Morgan fingerprint density at radius 1 is 1.29 bits per heavy atom. The molecule has 1 aliphatic rings. The van der Waals surface area contributed by atoms with Crippen LogP contribution in [0, 0.1) is 0 Å². The molecule has 0 bridgehead atoms. The minimum absolute atomic E-state index is 0.0484. The Hall–Kier alpha value is -1.06. The van der Waals surface area contributed by atoms with Gasteiger partial charge in [-0.3, -0.25) is 10.1 Å². The Morgan fingerprint density at radius 2 is 2.07 bits per heavy atom. The van der Waals surface area contributed by atoms with Crippen molar-refractivity contribution in [2.75, 3.05) is 13.1 Å². The Balaban J connectivity index is 2.44. The molecule has 1 aromatic carbocycles. The minimum Gasteiger partial charge on any atom is -0.351 e. The molecule has 4 heteroatoms. The first kappa shape index (κ1) is 9.49. The van der Waals surface area contributed by atoms with Gasteiger partial charge in [-0.15, -0.1) is 11.6 Å². The molecule has 0 aromatic heterocycles. The average molecular weight is 211 g/mol. The average Bonchev–Trinajstić information content (AvgIpc) is 2.22. The van der Waals surface area contributed by atoms with Crippen molar-refractivity contribution in [2.45, 2.75) is 5.50 Å². The molecule has 1 unspecified atom stereocenters. The maximum Gasteiger partial charge on any atom is 0.251 e. The van der Waals surface area contributed by atoms with Crippen LogP contribution in [0.2, 0.25) is 0 Å². The highest BCUT2D eigenvalue weighted by Gasteiger charge is 2.18. The predicted molar refractivity (Wildman–Crippen MR) is 55.4 cm³/mol. The molecule has 14 heavy (non-hydrogen) atoms. The lowest BCUT2D eigenvalue weighted by atomic mass is 10.1. The summed E-state index contributed by atoms with van der Waals surface area (Å²) in [5.41, 5.74) is 1.21. The fraction of sp³-hybridized carbons (Fsp3) is 0.300. The first-order chi connectivity index (χ1) is 6.79. The van der Waals surface area contributed by atoms with Gasteiger partial charge in [0.15, 0.2) is 0 Å². The van der Waals surface area contributed by atoms with Crippen LogP contribution in [0.1, 0.15) is 21.4 Å². The van der Waals surface area contributed by atoms with Crippen LogP contribution in [-0.2, 0) is 0 Å². The molecule has 1 aromatic rings. The van der Waals surface area contributed by atoms with E-state index in [1.165, 1.54) is 0 Å². The Morgan fingerprint density at radius 3 is 2.93 bits per heavy atom. The van der Waals surface area contributed by atoms with Gasteiger partial charge in [-0.1, -0.05) is 18.2 Å². The molecule has 0 aliphatic carbocycles. The number of alkyl halides is 1. The van der Waals surface area contributed by atoms with Gasteiger partial charge < -0.3 is 5.32 Å². The Labute approximate surface area is 87.4 Å². The van der Waals surface area contributed by atoms with Gasteiger partial charge in [0.2, 0.25) is 0 Å². The van der Waals surface area contributed by atoms with E-state index in [1.54, 1.807) is 6.07 Å². The predicted octanol–water partition coefficient (Wildman–Crippen LogP) is 1.26. The summed E-state index contributed by atoms with van der Waals surface area (Å²) in [5, 5.41) is 5.91. The molecular weight excluding hydrogens is 200 g/mol. The molecule has 0 spiro atoms. The van der Waals surface area contributed by atoms with E-state index in [4.69, 9.17) is 11.6 Å². The highest BCUT2D eigenvalue weighted by atomic mass is 35.5. The summed E-state index contributed by atoms with van der Waals surface area (Å²) in [6.45, 7) is 1.30. The van der Waals surface area contributed by atoms with Gasteiger partial charge in [-0.25, -0.2) is 0 Å². The third kappa shape index (κ3) is 1.74. The number of halogens is 1. The number of nitrogens with one attached hydrogen (secondary N) is 2. The molecule has 1 aliphatic heterocycles. The minimum atomic E-state index is -0.280. The monoisotopic (exact) mass is 210 g/mol. The number of rotatable bonds is 0. The second kappa shape index (κ2) is 3.98. The van der Waals surface area contributed by atoms with E-state index in [0.717, 1.165) is 5.56 Å². The van der Waals surface area contributed by atoms with E-state index in [2.05, 4.69) is 10.6 Å². The van der Waals surface area contributed by atoms with Gasteiger partial charge in [0, 0.05) is 18.7 Å². The van der Waals surface area contributed by atoms with Crippen molar-refractivity contribution in [3.8, 4) is 0 Å². The lowest BCUT2D eigenvalue weighted by molar-refractivity contribution is 0.0950. The number of hydrogen-bond donors (Lipinski definition) is 2. The van der Waals surface area contributed by atoms with Gasteiger partial charge in [-0.05, 0) is 11.6 Å². The topological polar surface area (TPSA) is 41.1 Å². The van der Waals surface area contributed by atoms with Gasteiger partial charge in [0.05, 0.1) is 0 Å². The van der Waals surface area contributed by atoms with Gasteiger partial charge in [-0.2, -0.15) is 0 Å². The highest BCUT2D eigenvalue weighted by Crippen LogP contribution is 2.22. The van der Waals surface area contributed by atoms with Crippen LogP contribution in [0.15, 0.2) is 24.3 Å². The Bertz CT molecular complexity index is 354. The number of amides is 1. The maximum absolute atomic E-state index is 11.6. The van der Waals surface area contributed by atoms with Crippen LogP contribution in [-0.4, -0.2) is 19.0 Å². The van der Waals surface area contributed by atoms with E-state index in [9.17, 15) is 4.79 Å². The van der Waals surface area contributed by atoms with Crippen LogP contribution in [0.4, 0.5) is 0 Å². The highest BCUT2D eigenvalue weighted by molar-refractivity contribution is 6.21. The van der Waals surface area contributed by atoms with Crippen molar-refractivity contribution in [1.82, 2.24) is 10.6 Å². The van der Waals surface area contributed by atoms with Gasteiger partial charge in [0.1, 0.15) is 5.50 Å². The number of fused-ring (bicyclic) bond motifs is 1.